The van der Waals surface area contributed by atoms with Gasteiger partial charge in [0.05, 0.1) is 20.6 Å². The maximum atomic E-state index is 13.3. The van der Waals surface area contributed by atoms with Crippen molar-refractivity contribution in [3.63, 3.8) is 0 Å². The van der Waals surface area contributed by atoms with Crippen LogP contribution in [0, 0.1) is 0 Å². The van der Waals surface area contributed by atoms with Gasteiger partial charge in [-0.25, -0.2) is 14.4 Å². The van der Waals surface area contributed by atoms with Crippen molar-refractivity contribution in [1.82, 2.24) is 20.2 Å². The van der Waals surface area contributed by atoms with Crippen molar-refractivity contribution in [1.29, 1.82) is 0 Å². The number of benzene rings is 1. The van der Waals surface area contributed by atoms with Crippen molar-refractivity contribution in [3.05, 3.63) is 33.1 Å². The molecule has 0 saturated carbocycles. The second-order valence-electron chi connectivity index (χ2n) is 7.75. The maximum absolute atomic E-state index is 13.3. The molecule has 0 radical (unpaired) electrons. The van der Waals surface area contributed by atoms with Crippen LogP contribution in [0.3, 0.4) is 0 Å². The van der Waals surface area contributed by atoms with Crippen LogP contribution in [0.2, 0.25) is 10.0 Å². The van der Waals surface area contributed by atoms with Gasteiger partial charge in [-0.3, -0.25) is 9.69 Å². The molecular formula is C22H24Cl2FN5O2S. The lowest BCUT2D eigenvalue weighted by molar-refractivity contribution is 0.0960. The molecule has 0 bridgehead atoms. The summed E-state index contributed by atoms with van der Waals surface area (Å²) in [6.45, 7) is 4.88. The number of ether oxygens (including phenoxy) is 1. The number of hydrogen-bond donors (Lipinski definition) is 2. The number of likely N-dealkylation sites (tertiary alicyclic amines) is 1. The van der Waals surface area contributed by atoms with E-state index in [1.807, 2.05) is 6.92 Å². The molecule has 0 unspecified atom stereocenters. The fourth-order valence-electron chi connectivity index (χ4n) is 3.73. The highest BCUT2D eigenvalue weighted by atomic mass is 35.5. The van der Waals surface area contributed by atoms with Crippen LogP contribution >= 0.6 is 34.5 Å². The van der Waals surface area contributed by atoms with Crippen LogP contribution in [0.1, 0.15) is 29.4 Å². The van der Waals surface area contributed by atoms with Crippen LogP contribution < -0.4 is 15.8 Å². The van der Waals surface area contributed by atoms with Gasteiger partial charge in [0.15, 0.2) is 0 Å². The Morgan fingerprint density at radius 3 is 2.76 bits per heavy atom. The number of halogens is 3. The van der Waals surface area contributed by atoms with Crippen molar-refractivity contribution < 1.29 is 13.9 Å². The van der Waals surface area contributed by atoms with Crippen LogP contribution in [0.15, 0.2) is 18.2 Å². The Morgan fingerprint density at radius 1 is 1.27 bits per heavy atom. The molecule has 1 saturated heterocycles. The zero-order chi connectivity index (χ0) is 23.5. The first kappa shape index (κ1) is 23.9. The SMILES string of the molecule is CCNC(=O)c1cc2c(-c3cc(OCCN4CCC(F)CC4)c(Cl)cc3Cl)nc(N)nc2s1. The molecule has 2 aromatic heterocycles. The Balaban J connectivity index is 1.61. The molecule has 1 amide bonds. The van der Waals surface area contributed by atoms with Crippen LogP contribution in [-0.4, -0.2) is 59.7 Å². The molecule has 1 aliphatic rings. The summed E-state index contributed by atoms with van der Waals surface area (Å²) < 4.78 is 19.3. The molecule has 3 N–H and O–H groups in total. The number of anilines is 1. The van der Waals surface area contributed by atoms with E-state index in [1.165, 1.54) is 11.3 Å². The lowest BCUT2D eigenvalue weighted by atomic mass is 10.1. The van der Waals surface area contributed by atoms with E-state index in [1.54, 1.807) is 18.2 Å². The Morgan fingerprint density at radius 2 is 2.03 bits per heavy atom. The largest absolute Gasteiger partial charge is 0.491 e. The van der Waals surface area contributed by atoms with Gasteiger partial charge in [-0.05, 0) is 38.0 Å². The number of nitrogen functional groups attached to an aromatic ring is 1. The Labute approximate surface area is 205 Å². The van der Waals surface area contributed by atoms with Gasteiger partial charge in [0.1, 0.15) is 23.4 Å². The molecule has 0 aliphatic carbocycles. The molecule has 176 valence electrons. The molecule has 33 heavy (non-hydrogen) atoms. The smallest absolute Gasteiger partial charge is 0.261 e. The molecule has 1 aromatic carbocycles. The first-order chi connectivity index (χ1) is 15.9. The predicted molar refractivity (Wildman–Crippen MR) is 131 cm³/mol. The topological polar surface area (TPSA) is 93.4 Å². The van der Waals surface area contributed by atoms with E-state index in [0.29, 0.717) is 87.8 Å². The predicted octanol–water partition coefficient (Wildman–Crippen LogP) is 4.81. The molecule has 7 nitrogen and oxygen atoms in total. The van der Waals surface area contributed by atoms with Crippen LogP contribution in [0.4, 0.5) is 10.3 Å². The van der Waals surface area contributed by atoms with Crippen LogP contribution in [0.5, 0.6) is 5.75 Å². The minimum absolute atomic E-state index is 0.0755. The standard InChI is InChI=1S/C22H24Cl2FN5O2S/c1-2-27-20(31)18-10-14-19(28-22(26)29-21(14)33-18)13-9-17(16(24)11-15(13)23)32-8-7-30-5-3-12(25)4-6-30/h9-12H,2-8H2,1H3,(H,27,31)(H2,26,28,29). The number of amides is 1. The second kappa shape index (κ2) is 10.4. The van der Waals surface area contributed by atoms with Crippen molar-refractivity contribution in [3.8, 4) is 17.0 Å². The number of nitrogens with two attached hydrogens (primary N) is 1. The van der Waals surface area contributed by atoms with E-state index in [9.17, 15) is 9.18 Å². The van der Waals surface area contributed by atoms with Gasteiger partial charge in [0.2, 0.25) is 5.95 Å². The molecule has 1 aliphatic heterocycles. The van der Waals surface area contributed by atoms with Gasteiger partial charge in [-0.2, -0.15) is 0 Å². The van der Waals surface area contributed by atoms with Crippen LogP contribution in [0.25, 0.3) is 21.5 Å². The van der Waals surface area contributed by atoms with Crippen molar-refractivity contribution in [2.24, 2.45) is 0 Å². The van der Waals surface area contributed by atoms with Gasteiger partial charge in [-0.15, -0.1) is 11.3 Å². The first-order valence-corrected chi connectivity index (χ1v) is 12.3. The quantitative estimate of drug-likeness (QED) is 0.472. The maximum Gasteiger partial charge on any atom is 0.261 e. The minimum atomic E-state index is -0.710. The highest BCUT2D eigenvalue weighted by molar-refractivity contribution is 7.20. The fourth-order valence-corrected chi connectivity index (χ4v) is 5.22. The number of carbonyl (C=O) groups excluding carboxylic acids is 1. The molecule has 3 heterocycles. The fraction of sp³-hybridized carbons (Fsp3) is 0.409. The summed E-state index contributed by atoms with van der Waals surface area (Å²) in [6, 6.07) is 5.06. The van der Waals surface area contributed by atoms with E-state index >= 15 is 0 Å². The third kappa shape index (κ3) is 5.48. The number of alkyl halides is 1. The summed E-state index contributed by atoms with van der Waals surface area (Å²) in [4.78, 5) is 24.2. The number of nitrogens with zero attached hydrogens (tertiary/aromatic N) is 3. The normalized spacial score (nSPS) is 15.2. The van der Waals surface area contributed by atoms with E-state index in [-0.39, 0.29) is 11.9 Å². The summed E-state index contributed by atoms with van der Waals surface area (Å²) in [7, 11) is 0. The number of carbonyl (C=O) groups is 1. The number of thiophene rings is 1. The zero-order valence-electron chi connectivity index (χ0n) is 18.0. The second-order valence-corrected chi connectivity index (χ2v) is 9.59. The number of piperidine rings is 1. The Bertz CT molecular complexity index is 1170. The number of hydrogen-bond acceptors (Lipinski definition) is 7. The lowest BCUT2D eigenvalue weighted by Crippen LogP contribution is -2.37. The van der Waals surface area contributed by atoms with E-state index in [0.717, 1.165) is 0 Å². The van der Waals surface area contributed by atoms with Crippen LogP contribution in [-0.2, 0) is 0 Å². The average Bonchev–Trinajstić information content (AvgIpc) is 3.20. The molecule has 4 rings (SSSR count). The zero-order valence-corrected chi connectivity index (χ0v) is 20.4. The van der Waals surface area contributed by atoms with E-state index in [2.05, 4.69) is 20.2 Å². The molecule has 3 aromatic rings. The monoisotopic (exact) mass is 511 g/mol. The number of nitrogens with one attached hydrogen (secondary N) is 1. The van der Waals surface area contributed by atoms with Gasteiger partial charge in [0.25, 0.3) is 5.91 Å². The van der Waals surface area contributed by atoms with Gasteiger partial charge in [-0.1, -0.05) is 23.2 Å². The van der Waals surface area contributed by atoms with E-state index in [4.69, 9.17) is 33.7 Å². The van der Waals surface area contributed by atoms with Gasteiger partial charge in [0, 0.05) is 37.1 Å². The summed E-state index contributed by atoms with van der Waals surface area (Å²) in [6.07, 6.45) is 0.393. The highest BCUT2D eigenvalue weighted by Crippen LogP contribution is 2.40. The number of rotatable bonds is 7. The Hall–Kier alpha value is -2.20. The summed E-state index contributed by atoms with van der Waals surface area (Å²) in [5, 5.41) is 4.20. The molecular weight excluding hydrogens is 488 g/mol. The number of fused-ring (bicyclic) bond motifs is 1. The summed E-state index contributed by atoms with van der Waals surface area (Å²) in [5.74, 6) is 0.348. The third-order valence-corrected chi connectivity index (χ3v) is 7.07. The molecule has 11 heteroatoms. The summed E-state index contributed by atoms with van der Waals surface area (Å²) >= 11 is 14.1. The van der Waals surface area contributed by atoms with Crippen molar-refractivity contribution in [2.75, 3.05) is 38.5 Å². The minimum Gasteiger partial charge on any atom is -0.491 e. The van der Waals surface area contributed by atoms with Crippen molar-refractivity contribution in [2.45, 2.75) is 25.9 Å². The third-order valence-electron chi connectivity index (χ3n) is 5.43. The highest BCUT2D eigenvalue weighted by Gasteiger charge is 2.20. The molecule has 0 spiro atoms. The summed E-state index contributed by atoms with van der Waals surface area (Å²) in [5.41, 5.74) is 7.03. The average molecular weight is 512 g/mol. The number of aromatic nitrogens is 2. The lowest BCUT2D eigenvalue weighted by Gasteiger charge is -2.28. The van der Waals surface area contributed by atoms with E-state index < -0.39 is 6.17 Å². The molecule has 1 fully saturated rings. The van der Waals surface area contributed by atoms with Gasteiger partial charge < -0.3 is 15.8 Å². The Kier molecular flexibility index (Phi) is 7.53. The molecule has 0 atom stereocenters. The van der Waals surface area contributed by atoms with Gasteiger partial charge >= 0.3 is 0 Å². The first-order valence-electron chi connectivity index (χ1n) is 10.7. The van der Waals surface area contributed by atoms with Crippen molar-refractivity contribution >= 4 is 56.6 Å².